The summed E-state index contributed by atoms with van der Waals surface area (Å²) in [6.07, 6.45) is 1.63. The Balaban J connectivity index is 1.41. The first-order chi connectivity index (χ1) is 14.7. The number of rotatable bonds is 5. The van der Waals surface area contributed by atoms with Gasteiger partial charge in [-0.15, -0.1) is 11.3 Å². The third-order valence-electron chi connectivity index (χ3n) is 4.86. The number of thiophene rings is 1. The highest BCUT2D eigenvalue weighted by molar-refractivity contribution is 7.16. The SMILES string of the molecule is O=C(CCn1cnc2sccc2c1=O)Nc1nc2ccccc2n1-c1ccccc1. The molecule has 7 nitrogen and oxygen atoms in total. The molecule has 5 rings (SSSR count). The van der Waals surface area contributed by atoms with Gasteiger partial charge in [0.15, 0.2) is 0 Å². The van der Waals surface area contributed by atoms with Crippen LogP contribution in [0.4, 0.5) is 5.95 Å². The minimum absolute atomic E-state index is 0.134. The van der Waals surface area contributed by atoms with Gasteiger partial charge in [-0.25, -0.2) is 9.97 Å². The Kier molecular flexibility index (Phi) is 4.61. The van der Waals surface area contributed by atoms with Crippen LogP contribution < -0.4 is 10.9 Å². The molecule has 0 bridgehead atoms. The summed E-state index contributed by atoms with van der Waals surface area (Å²) >= 11 is 1.42. The van der Waals surface area contributed by atoms with Crippen LogP contribution in [0.25, 0.3) is 26.9 Å². The van der Waals surface area contributed by atoms with Gasteiger partial charge in [-0.3, -0.25) is 24.0 Å². The maximum Gasteiger partial charge on any atom is 0.262 e. The molecule has 30 heavy (non-hydrogen) atoms. The van der Waals surface area contributed by atoms with Crippen LogP contribution in [-0.4, -0.2) is 25.0 Å². The summed E-state index contributed by atoms with van der Waals surface area (Å²) in [5.74, 6) is 0.228. The molecule has 0 radical (unpaired) electrons. The van der Waals surface area contributed by atoms with Crippen LogP contribution in [0, 0.1) is 0 Å². The molecule has 148 valence electrons. The molecule has 1 N–H and O–H groups in total. The van der Waals surface area contributed by atoms with Crippen molar-refractivity contribution in [2.75, 3.05) is 5.32 Å². The summed E-state index contributed by atoms with van der Waals surface area (Å²) in [4.78, 5) is 34.7. The first-order valence-electron chi connectivity index (χ1n) is 9.46. The second-order valence-corrected chi connectivity index (χ2v) is 7.67. The van der Waals surface area contributed by atoms with Crippen LogP contribution in [0.2, 0.25) is 0 Å². The Morgan fingerprint density at radius 2 is 1.83 bits per heavy atom. The number of carbonyl (C=O) groups is 1. The standard InChI is InChI=1S/C22H17N5O2S/c28-19(10-12-26-14-23-20-16(21(26)29)11-13-30-20)25-22-24-17-8-4-5-9-18(17)27(22)15-6-2-1-3-7-15/h1-9,11,13-14H,10,12H2,(H,24,25,28). The van der Waals surface area contributed by atoms with Gasteiger partial charge in [-0.2, -0.15) is 0 Å². The summed E-state index contributed by atoms with van der Waals surface area (Å²) in [5, 5.41) is 5.31. The quantitative estimate of drug-likeness (QED) is 0.473. The lowest BCUT2D eigenvalue weighted by Gasteiger charge is -2.10. The van der Waals surface area contributed by atoms with E-state index in [4.69, 9.17) is 0 Å². The number of aromatic nitrogens is 4. The predicted octanol–water partition coefficient (Wildman–Crippen LogP) is 3.83. The second-order valence-electron chi connectivity index (χ2n) is 6.78. The van der Waals surface area contributed by atoms with Gasteiger partial charge < -0.3 is 0 Å². The fraction of sp³-hybridized carbons (Fsp3) is 0.0909. The van der Waals surface area contributed by atoms with E-state index in [9.17, 15) is 9.59 Å². The number of para-hydroxylation sites is 3. The van der Waals surface area contributed by atoms with Gasteiger partial charge in [0.25, 0.3) is 5.56 Å². The van der Waals surface area contributed by atoms with Gasteiger partial charge >= 0.3 is 0 Å². The molecule has 0 saturated carbocycles. The predicted molar refractivity (Wildman–Crippen MR) is 118 cm³/mol. The number of aryl methyl sites for hydroxylation is 1. The number of hydrogen-bond acceptors (Lipinski definition) is 5. The second kappa shape index (κ2) is 7.57. The first kappa shape index (κ1) is 18.3. The van der Waals surface area contributed by atoms with Crippen LogP contribution in [0.5, 0.6) is 0 Å². The van der Waals surface area contributed by atoms with Crippen molar-refractivity contribution >= 4 is 44.4 Å². The van der Waals surface area contributed by atoms with E-state index in [0.29, 0.717) is 16.2 Å². The molecule has 0 aliphatic carbocycles. The minimum Gasteiger partial charge on any atom is -0.298 e. The molecule has 0 spiro atoms. The Labute approximate surface area is 175 Å². The monoisotopic (exact) mass is 415 g/mol. The molecular formula is C22H17N5O2S. The Morgan fingerprint density at radius 1 is 1.03 bits per heavy atom. The maximum atomic E-state index is 12.7. The van der Waals surface area contributed by atoms with Crippen molar-refractivity contribution in [3.8, 4) is 5.69 Å². The van der Waals surface area contributed by atoms with Crippen LogP contribution in [0.3, 0.4) is 0 Å². The van der Waals surface area contributed by atoms with E-state index in [2.05, 4.69) is 15.3 Å². The maximum absolute atomic E-state index is 12.7. The van der Waals surface area contributed by atoms with Gasteiger partial charge in [-0.05, 0) is 35.7 Å². The largest absolute Gasteiger partial charge is 0.298 e. The molecule has 5 aromatic rings. The normalized spacial score (nSPS) is 11.2. The molecule has 0 saturated heterocycles. The third-order valence-corrected chi connectivity index (χ3v) is 5.68. The van der Waals surface area contributed by atoms with Crippen LogP contribution >= 0.6 is 11.3 Å². The fourth-order valence-corrected chi connectivity index (χ4v) is 4.13. The van der Waals surface area contributed by atoms with Gasteiger partial charge in [-0.1, -0.05) is 30.3 Å². The fourth-order valence-electron chi connectivity index (χ4n) is 3.41. The number of fused-ring (bicyclic) bond motifs is 2. The smallest absolute Gasteiger partial charge is 0.262 e. The minimum atomic E-state index is -0.222. The molecule has 0 fully saturated rings. The first-order valence-corrected chi connectivity index (χ1v) is 10.3. The highest BCUT2D eigenvalue weighted by atomic mass is 32.1. The summed E-state index contributed by atoms with van der Waals surface area (Å²) in [5.41, 5.74) is 2.47. The van der Waals surface area contributed by atoms with Crippen molar-refractivity contribution in [1.29, 1.82) is 0 Å². The summed E-state index contributed by atoms with van der Waals surface area (Å²) < 4.78 is 3.38. The summed E-state index contributed by atoms with van der Waals surface area (Å²) in [6.45, 7) is 0.245. The van der Waals surface area contributed by atoms with Crippen molar-refractivity contribution in [2.24, 2.45) is 0 Å². The topological polar surface area (TPSA) is 81.8 Å². The van der Waals surface area contributed by atoms with Gasteiger partial charge in [0.2, 0.25) is 11.9 Å². The Bertz CT molecular complexity index is 1420. The van der Waals surface area contributed by atoms with E-state index in [1.807, 2.05) is 64.5 Å². The number of nitrogens with zero attached hydrogens (tertiary/aromatic N) is 4. The highest BCUT2D eigenvalue weighted by Crippen LogP contribution is 2.24. The molecule has 8 heteroatoms. The highest BCUT2D eigenvalue weighted by Gasteiger charge is 2.15. The van der Waals surface area contributed by atoms with E-state index in [1.54, 1.807) is 6.07 Å². The lowest BCUT2D eigenvalue weighted by Crippen LogP contribution is -2.23. The van der Waals surface area contributed by atoms with Gasteiger partial charge in [0.05, 0.1) is 22.7 Å². The molecule has 2 aromatic carbocycles. The number of anilines is 1. The number of nitrogens with one attached hydrogen (secondary N) is 1. The summed E-state index contributed by atoms with van der Waals surface area (Å²) in [6, 6.07) is 19.2. The van der Waals surface area contributed by atoms with E-state index in [-0.39, 0.29) is 24.4 Å². The lowest BCUT2D eigenvalue weighted by molar-refractivity contribution is -0.116. The molecular weight excluding hydrogens is 398 g/mol. The van der Waals surface area contributed by atoms with Gasteiger partial charge in [0, 0.05) is 18.7 Å². The Hall–Kier alpha value is -3.78. The number of amides is 1. The van der Waals surface area contributed by atoms with Crippen LogP contribution in [-0.2, 0) is 11.3 Å². The van der Waals surface area contributed by atoms with Crippen molar-refractivity contribution in [3.63, 3.8) is 0 Å². The number of benzene rings is 2. The van der Waals surface area contributed by atoms with E-state index in [0.717, 1.165) is 16.7 Å². The molecule has 3 heterocycles. The average molecular weight is 415 g/mol. The molecule has 3 aromatic heterocycles. The van der Waals surface area contributed by atoms with E-state index < -0.39 is 0 Å². The number of imidazole rings is 1. The number of carbonyl (C=O) groups excluding carboxylic acids is 1. The molecule has 0 aliphatic rings. The van der Waals surface area contributed by atoms with Crippen LogP contribution in [0.15, 0.2) is 77.2 Å². The van der Waals surface area contributed by atoms with E-state index >= 15 is 0 Å². The van der Waals surface area contributed by atoms with Crippen molar-refractivity contribution < 1.29 is 4.79 Å². The average Bonchev–Trinajstić information content (AvgIpc) is 3.38. The van der Waals surface area contributed by atoms with Crippen molar-refractivity contribution in [2.45, 2.75) is 13.0 Å². The zero-order chi connectivity index (χ0) is 20.5. The number of hydrogen-bond donors (Lipinski definition) is 1. The zero-order valence-corrected chi connectivity index (χ0v) is 16.7. The third kappa shape index (κ3) is 3.27. The molecule has 0 aliphatic heterocycles. The van der Waals surface area contributed by atoms with E-state index in [1.165, 1.54) is 22.2 Å². The molecule has 0 unspecified atom stereocenters. The van der Waals surface area contributed by atoms with Gasteiger partial charge in [0.1, 0.15) is 4.83 Å². The molecule has 1 amide bonds. The Morgan fingerprint density at radius 3 is 2.70 bits per heavy atom. The van der Waals surface area contributed by atoms with Crippen molar-refractivity contribution in [1.82, 2.24) is 19.1 Å². The zero-order valence-electron chi connectivity index (χ0n) is 15.9. The summed E-state index contributed by atoms with van der Waals surface area (Å²) in [7, 11) is 0. The van der Waals surface area contributed by atoms with Crippen molar-refractivity contribution in [3.05, 3.63) is 82.7 Å². The lowest BCUT2D eigenvalue weighted by atomic mass is 10.3. The molecule has 0 atom stereocenters. The van der Waals surface area contributed by atoms with Crippen LogP contribution in [0.1, 0.15) is 6.42 Å².